The van der Waals surface area contributed by atoms with E-state index < -0.39 is 5.97 Å². The summed E-state index contributed by atoms with van der Waals surface area (Å²) in [6.45, 7) is 1.26. The minimum absolute atomic E-state index is 0.0117. The zero-order chi connectivity index (χ0) is 17.6. The Morgan fingerprint density at radius 2 is 1.80 bits per heavy atom. The summed E-state index contributed by atoms with van der Waals surface area (Å²) in [5.41, 5.74) is 0.960. The summed E-state index contributed by atoms with van der Waals surface area (Å²) >= 11 is 0. The van der Waals surface area contributed by atoms with Crippen molar-refractivity contribution in [3.8, 4) is 5.75 Å². The molecule has 2 aromatic rings. The SMILES string of the molecule is O=C(O)c1ccccc1CCC(=O)N1CC[C@@H](Oc2ccccc2)C1. The molecular weight excluding hydrogens is 318 g/mol. The first-order valence-corrected chi connectivity index (χ1v) is 8.44. The van der Waals surface area contributed by atoms with Crippen LogP contribution >= 0.6 is 0 Å². The third-order valence-electron chi connectivity index (χ3n) is 4.40. The van der Waals surface area contributed by atoms with Crippen molar-refractivity contribution in [2.75, 3.05) is 13.1 Å². The molecule has 0 radical (unpaired) electrons. The summed E-state index contributed by atoms with van der Waals surface area (Å²) in [4.78, 5) is 25.5. The van der Waals surface area contributed by atoms with E-state index in [1.165, 1.54) is 0 Å². The van der Waals surface area contributed by atoms with Crippen molar-refractivity contribution in [3.63, 3.8) is 0 Å². The number of para-hydroxylation sites is 1. The van der Waals surface area contributed by atoms with Gasteiger partial charge in [-0.3, -0.25) is 4.79 Å². The molecule has 1 N–H and O–H groups in total. The van der Waals surface area contributed by atoms with E-state index in [1.54, 1.807) is 29.2 Å². The van der Waals surface area contributed by atoms with Gasteiger partial charge in [0.1, 0.15) is 11.9 Å². The number of hydrogen-bond acceptors (Lipinski definition) is 3. The minimum Gasteiger partial charge on any atom is -0.489 e. The second-order valence-corrected chi connectivity index (χ2v) is 6.14. The van der Waals surface area contributed by atoms with Gasteiger partial charge in [0.2, 0.25) is 5.91 Å². The highest BCUT2D eigenvalue weighted by Crippen LogP contribution is 2.19. The Morgan fingerprint density at radius 3 is 2.56 bits per heavy atom. The van der Waals surface area contributed by atoms with Crippen molar-refractivity contribution in [2.24, 2.45) is 0 Å². The Morgan fingerprint density at radius 1 is 1.08 bits per heavy atom. The molecule has 0 bridgehead atoms. The van der Waals surface area contributed by atoms with E-state index in [4.69, 9.17) is 4.74 Å². The number of carbonyl (C=O) groups is 2. The molecular formula is C20H21NO4. The zero-order valence-electron chi connectivity index (χ0n) is 13.9. The Hall–Kier alpha value is -2.82. The third-order valence-corrected chi connectivity index (χ3v) is 4.40. The van der Waals surface area contributed by atoms with Gasteiger partial charge in [0.05, 0.1) is 12.1 Å². The number of ether oxygens (including phenoxy) is 1. The number of carbonyl (C=O) groups excluding carboxylic acids is 1. The van der Waals surface area contributed by atoms with Crippen LogP contribution in [-0.2, 0) is 11.2 Å². The maximum Gasteiger partial charge on any atom is 0.335 e. The van der Waals surface area contributed by atoms with Crippen molar-refractivity contribution in [3.05, 3.63) is 65.7 Å². The van der Waals surface area contributed by atoms with Gasteiger partial charge in [0, 0.05) is 19.4 Å². The molecule has 5 heteroatoms. The van der Waals surface area contributed by atoms with Gasteiger partial charge in [-0.1, -0.05) is 36.4 Å². The van der Waals surface area contributed by atoms with E-state index in [0.717, 1.165) is 12.2 Å². The van der Waals surface area contributed by atoms with Crippen LogP contribution in [-0.4, -0.2) is 41.1 Å². The lowest BCUT2D eigenvalue weighted by Crippen LogP contribution is -2.31. The molecule has 1 amide bonds. The maximum absolute atomic E-state index is 12.4. The van der Waals surface area contributed by atoms with E-state index in [1.807, 2.05) is 30.3 Å². The van der Waals surface area contributed by atoms with Gasteiger partial charge in [-0.2, -0.15) is 0 Å². The van der Waals surface area contributed by atoms with Crippen LogP contribution in [0.15, 0.2) is 54.6 Å². The summed E-state index contributed by atoms with van der Waals surface area (Å²) in [6.07, 6.45) is 1.56. The highest BCUT2D eigenvalue weighted by atomic mass is 16.5. The average molecular weight is 339 g/mol. The van der Waals surface area contributed by atoms with Crippen LogP contribution in [0.4, 0.5) is 0 Å². The Kier molecular flexibility index (Phi) is 5.33. The standard InChI is InChI=1S/C20H21NO4/c22-19(11-10-15-6-4-5-9-18(15)20(23)24)21-13-12-17(14-21)25-16-7-2-1-3-8-16/h1-9,17H,10-14H2,(H,23,24)/t17-/m1/s1. The lowest BCUT2D eigenvalue weighted by molar-refractivity contribution is -0.130. The zero-order valence-corrected chi connectivity index (χ0v) is 13.9. The molecule has 0 saturated carbocycles. The quantitative estimate of drug-likeness (QED) is 0.878. The number of carboxylic acids is 1. The van der Waals surface area contributed by atoms with Crippen LogP contribution in [0, 0.1) is 0 Å². The number of benzene rings is 2. The number of rotatable bonds is 6. The second kappa shape index (κ2) is 7.83. The first-order valence-electron chi connectivity index (χ1n) is 8.44. The molecule has 1 fully saturated rings. The molecule has 3 rings (SSSR count). The molecule has 1 aliphatic heterocycles. The largest absolute Gasteiger partial charge is 0.489 e. The van der Waals surface area contributed by atoms with Gasteiger partial charge in [-0.05, 0) is 30.2 Å². The number of nitrogens with zero attached hydrogens (tertiary/aromatic N) is 1. The fourth-order valence-corrected chi connectivity index (χ4v) is 3.09. The summed E-state index contributed by atoms with van der Waals surface area (Å²) in [5.74, 6) is -0.0999. The first kappa shape index (κ1) is 17.0. The summed E-state index contributed by atoms with van der Waals surface area (Å²) in [6, 6.07) is 16.4. The molecule has 0 spiro atoms. The van der Waals surface area contributed by atoms with Crippen molar-refractivity contribution in [1.29, 1.82) is 0 Å². The summed E-state index contributed by atoms with van der Waals surface area (Å²) in [5, 5.41) is 9.21. The number of aromatic carboxylic acids is 1. The first-order chi connectivity index (χ1) is 12.1. The van der Waals surface area contributed by atoms with Crippen LogP contribution in [0.5, 0.6) is 5.75 Å². The monoisotopic (exact) mass is 339 g/mol. The smallest absolute Gasteiger partial charge is 0.335 e. The van der Waals surface area contributed by atoms with E-state index >= 15 is 0 Å². The van der Waals surface area contributed by atoms with Gasteiger partial charge in [0.25, 0.3) is 0 Å². The molecule has 0 aliphatic carbocycles. The molecule has 1 aliphatic rings. The third kappa shape index (κ3) is 4.38. The molecule has 130 valence electrons. The van der Waals surface area contributed by atoms with Crippen LogP contribution in [0.2, 0.25) is 0 Å². The number of carboxylic acid groups (broad SMARTS) is 1. The highest BCUT2D eigenvalue weighted by molar-refractivity contribution is 5.89. The van der Waals surface area contributed by atoms with E-state index in [2.05, 4.69) is 0 Å². The molecule has 1 atom stereocenters. The predicted molar refractivity (Wildman–Crippen MR) is 93.8 cm³/mol. The molecule has 5 nitrogen and oxygen atoms in total. The van der Waals surface area contributed by atoms with Gasteiger partial charge in [-0.15, -0.1) is 0 Å². The number of likely N-dealkylation sites (tertiary alicyclic amines) is 1. The molecule has 25 heavy (non-hydrogen) atoms. The molecule has 2 aromatic carbocycles. The normalized spacial score (nSPS) is 16.6. The van der Waals surface area contributed by atoms with Crippen molar-refractivity contribution in [1.82, 2.24) is 4.90 Å². The van der Waals surface area contributed by atoms with Crippen LogP contribution in [0.1, 0.15) is 28.8 Å². The highest BCUT2D eigenvalue weighted by Gasteiger charge is 2.27. The van der Waals surface area contributed by atoms with Gasteiger partial charge < -0.3 is 14.7 Å². The lowest BCUT2D eigenvalue weighted by Gasteiger charge is -2.17. The van der Waals surface area contributed by atoms with E-state index in [0.29, 0.717) is 31.5 Å². The van der Waals surface area contributed by atoms with E-state index in [-0.39, 0.29) is 17.6 Å². The van der Waals surface area contributed by atoms with Crippen molar-refractivity contribution in [2.45, 2.75) is 25.4 Å². The fourth-order valence-electron chi connectivity index (χ4n) is 3.09. The number of amides is 1. The summed E-state index contributed by atoms with van der Waals surface area (Å²) < 4.78 is 5.90. The number of aryl methyl sites for hydroxylation is 1. The number of hydrogen-bond donors (Lipinski definition) is 1. The van der Waals surface area contributed by atoms with Gasteiger partial charge in [0.15, 0.2) is 0 Å². The van der Waals surface area contributed by atoms with Crippen LogP contribution < -0.4 is 4.74 Å². The van der Waals surface area contributed by atoms with E-state index in [9.17, 15) is 14.7 Å². The average Bonchev–Trinajstić information content (AvgIpc) is 3.09. The molecule has 1 saturated heterocycles. The van der Waals surface area contributed by atoms with Crippen molar-refractivity contribution < 1.29 is 19.4 Å². The molecule has 0 unspecified atom stereocenters. The Labute approximate surface area is 146 Å². The topological polar surface area (TPSA) is 66.8 Å². The van der Waals surface area contributed by atoms with Gasteiger partial charge >= 0.3 is 5.97 Å². The predicted octanol–water partition coefficient (Wildman–Crippen LogP) is 3.00. The maximum atomic E-state index is 12.4. The molecule has 0 aromatic heterocycles. The lowest BCUT2D eigenvalue weighted by atomic mass is 10.0. The van der Waals surface area contributed by atoms with Crippen LogP contribution in [0.25, 0.3) is 0 Å². The molecule has 1 heterocycles. The van der Waals surface area contributed by atoms with Crippen molar-refractivity contribution >= 4 is 11.9 Å². The Balaban J connectivity index is 1.52. The van der Waals surface area contributed by atoms with Gasteiger partial charge in [-0.25, -0.2) is 4.79 Å². The van der Waals surface area contributed by atoms with Crippen LogP contribution in [0.3, 0.4) is 0 Å². The summed E-state index contributed by atoms with van der Waals surface area (Å²) in [7, 11) is 0. The fraction of sp³-hybridized carbons (Fsp3) is 0.300. The minimum atomic E-state index is -0.958. The Bertz CT molecular complexity index is 744. The second-order valence-electron chi connectivity index (χ2n) is 6.14.